The van der Waals surface area contributed by atoms with Crippen LogP contribution >= 0.6 is 0 Å². The molecule has 1 aromatic heterocycles. The molecular weight excluding hydrogens is 345 g/mol. The van der Waals surface area contributed by atoms with E-state index in [-0.39, 0.29) is 5.82 Å². The molecule has 27 heavy (non-hydrogen) atoms. The molecule has 1 aliphatic carbocycles. The van der Waals surface area contributed by atoms with E-state index >= 15 is 0 Å². The molecule has 0 amide bonds. The molecule has 0 unspecified atom stereocenters. The molecule has 136 valence electrons. The van der Waals surface area contributed by atoms with Crippen LogP contribution in [0.3, 0.4) is 0 Å². The smallest absolute Gasteiger partial charge is 0.219 e. The highest BCUT2D eigenvalue weighted by Gasteiger charge is 2.33. The summed E-state index contributed by atoms with van der Waals surface area (Å²) in [5, 5.41) is 0. The van der Waals surface area contributed by atoms with E-state index in [1.807, 2.05) is 39.8 Å². The van der Waals surface area contributed by atoms with Gasteiger partial charge in [-0.1, -0.05) is 6.07 Å². The van der Waals surface area contributed by atoms with Gasteiger partial charge in [-0.05, 0) is 49.2 Å². The van der Waals surface area contributed by atoms with Gasteiger partial charge in [0.1, 0.15) is 30.1 Å². The van der Waals surface area contributed by atoms with Crippen molar-refractivity contribution in [2.75, 3.05) is 18.7 Å². The maximum Gasteiger partial charge on any atom is 0.219 e. The van der Waals surface area contributed by atoms with Crippen LogP contribution in [-0.2, 0) is 0 Å². The summed E-state index contributed by atoms with van der Waals surface area (Å²) in [7, 11) is 1.64. The lowest BCUT2D eigenvalue weighted by Gasteiger charge is -2.27. The number of aliphatic imine (C=N–C) groups is 2. The number of fused-ring (bicyclic) bond motifs is 1. The first kappa shape index (κ1) is 16.0. The Morgan fingerprint density at radius 1 is 1.11 bits per heavy atom. The van der Waals surface area contributed by atoms with Crippen LogP contribution < -0.4 is 9.64 Å². The first-order valence-corrected chi connectivity index (χ1v) is 8.91. The van der Waals surface area contributed by atoms with Gasteiger partial charge in [-0.25, -0.2) is 14.4 Å². The van der Waals surface area contributed by atoms with Crippen LogP contribution in [0.2, 0.25) is 0 Å². The number of hydrogen-bond acceptors (Lipinski definition) is 5. The highest BCUT2D eigenvalue weighted by atomic mass is 19.1. The Bertz CT molecular complexity index is 1070. The molecule has 6 nitrogen and oxygen atoms in total. The van der Waals surface area contributed by atoms with Crippen molar-refractivity contribution in [2.24, 2.45) is 9.98 Å². The number of methoxy groups -OCH3 is 1. The van der Waals surface area contributed by atoms with Crippen LogP contribution in [0.5, 0.6) is 5.75 Å². The number of ether oxygens (including phenoxy) is 1. The van der Waals surface area contributed by atoms with E-state index in [4.69, 9.17) is 4.74 Å². The standard InChI is InChI=1S/C20H18FN5O/c1-27-15-9-7-14(8-10-15)25-12-22-11-23-20(25)26-17-4-2-3-16(21)18(17)24-19(26)13-5-6-13/h2-4,7-11,13H,5-6,12H2,1H3. The van der Waals surface area contributed by atoms with Gasteiger partial charge in [-0.3, -0.25) is 14.5 Å². The quantitative estimate of drug-likeness (QED) is 0.712. The van der Waals surface area contributed by atoms with Crippen LogP contribution in [0, 0.1) is 5.82 Å². The molecule has 2 aliphatic rings. The molecule has 2 heterocycles. The minimum absolute atomic E-state index is 0.311. The van der Waals surface area contributed by atoms with E-state index in [2.05, 4.69) is 15.0 Å². The fourth-order valence-corrected chi connectivity index (χ4v) is 3.39. The summed E-state index contributed by atoms with van der Waals surface area (Å²) in [6.07, 6.45) is 3.68. The van der Waals surface area contributed by atoms with Gasteiger partial charge >= 0.3 is 0 Å². The van der Waals surface area contributed by atoms with Crippen molar-refractivity contribution in [3.05, 3.63) is 54.1 Å². The Morgan fingerprint density at radius 2 is 1.93 bits per heavy atom. The third-order valence-corrected chi connectivity index (χ3v) is 4.91. The van der Waals surface area contributed by atoms with Crippen LogP contribution in [0.1, 0.15) is 24.6 Å². The van der Waals surface area contributed by atoms with Crippen molar-refractivity contribution in [3.63, 3.8) is 0 Å². The van der Waals surface area contributed by atoms with Gasteiger partial charge in [0, 0.05) is 11.6 Å². The summed E-state index contributed by atoms with van der Waals surface area (Å²) < 4.78 is 21.6. The van der Waals surface area contributed by atoms with E-state index in [0.717, 1.165) is 35.6 Å². The van der Waals surface area contributed by atoms with E-state index in [1.54, 1.807) is 19.5 Å². The number of halogens is 1. The number of para-hydroxylation sites is 1. The van der Waals surface area contributed by atoms with Crippen LogP contribution in [0.25, 0.3) is 11.0 Å². The van der Waals surface area contributed by atoms with E-state index in [1.165, 1.54) is 6.07 Å². The molecule has 0 N–H and O–H groups in total. The first-order chi connectivity index (χ1) is 13.3. The van der Waals surface area contributed by atoms with Gasteiger partial charge in [-0.2, -0.15) is 0 Å². The molecule has 0 radical (unpaired) electrons. The number of benzene rings is 2. The molecule has 1 fully saturated rings. The van der Waals surface area contributed by atoms with Crippen molar-refractivity contribution in [3.8, 4) is 5.75 Å². The summed E-state index contributed by atoms with van der Waals surface area (Å²) in [6.45, 7) is 0.435. The Kier molecular flexibility index (Phi) is 3.67. The number of anilines is 1. The van der Waals surface area contributed by atoms with Crippen molar-refractivity contribution < 1.29 is 9.13 Å². The highest BCUT2D eigenvalue weighted by molar-refractivity contribution is 6.06. The van der Waals surface area contributed by atoms with Gasteiger partial charge in [0.2, 0.25) is 5.96 Å². The van der Waals surface area contributed by atoms with Crippen LogP contribution in [0.4, 0.5) is 10.1 Å². The Hall–Kier alpha value is -3.22. The molecule has 0 spiro atoms. The lowest BCUT2D eigenvalue weighted by molar-refractivity contribution is 0.415. The predicted molar refractivity (Wildman–Crippen MR) is 103 cm³/mol. The van der Waals surface area contributed by atoms with Crippen molar-refractivity contribution in [1.82, 2.24) is 9.55 Å². The van der Waals surface area contributed by atoms with E-state index < -0.39 is 0 Å². The molecule has 3 aromatic rings. The SMILES string of the molecule is COc1ccc(N2CN=CN=C2n2c(C3CC3)nc3c(F)cccc32)cc1. The highest BCUT2D eigenvalue weighted by Crippen LogP contribution is 2.41. The average Bonchev–Trinajstić information content (AvgIpc) is 3.48. The zero-order chi connectivity index (χ0) is 18.4. The largest absolute Gasteiger partial charge is 0.497 e. The lowest BCUT2D eigenvalue weighted by atomic mass is 10.2. The van der Waals surface area contributed by atoms with Gasteiger partial charge in [-0.15, -0.1) is 0 Å². The molecule has 1 saturated carbocycles. The summed E-state index contributed by atoms with van der Waals surface area (Å²) in [5.41, 5.74) is 2.05. The number of imidazole rings is 1. The molecule has 1 aliphatic heterocycles. The second-order valence-corrected chi connectivity index (χ2v) is 6.68. The Morgan fingerprint density at radius 3 is 2.67 bits per heavy atom. The summed E-state index contributed by atoms with van der Waals surface area (Å²) in [4.78, 5) is 15.5. The third-order valence-electron chi connectivity index (χ3n) is 4.91. The van der Waals surface area contributed by atoms with E-state index in [9.17, 15) is 4.39 Å². The summed E-state index contributed by atoms with van der Waals surface area (Å²) >= 11 is 0. The fourth-order valence-electron chi connectivity index (χ4n) is 3.39. The molecule has 2 aromatic carbocycles. The van der Waals surface area contributed by atoms with Crippen LogP contribution in [0.15, 0.2) is 52.4 Å². The zero-order valence-electron chi connectivity index (χ0n) is 14.8. The molecular formula is C20H18FN5O. The number of hydrogen-bond donors (Lipinski definition) is 0. The third kappa shape index (κ3) is 2.66. The lowest BCUT2D eigenvalue weighted by Crippen LogP contribution is -2.39. The van der Waals surface area contributed by atoms with Crippen molar-refractivity contribution >= 4 is 29.0 Å². The molecule has 5 rings (SSSR count). The van der Waals surface area contributed by atoms with Crippen molar-refractivity contribution in [1.29, 1.82) is 0 Å². The number of nitrogens with zero attached hydrogens (tertiary/aromatic N) is 5. The average molecular weight is 363 g/mol. The summed E-state index contributed by atoms with van der Waals surface area (Å²) in [5.74, 6) is 2.37. The first-order valence-electron chi connectivity index (χ1n) is 8.91. The molecule has 7 heteroatoms. The summed E-state index contributed by atoms with van der Waals surface area (Å²) in [6, 6.07) is 12.8. The van der Waals surface area contributed by atoms with Crippen LogP contribution in [-0.4, -0.2) is 35.6 Å². The fraction of sp³-hybridized carbons (Fsp3) is 0.250. The van der Waals surface area contributed by atoms with Gasteiger partial charge in [0.15, 0.2) is 5.82 Å². The van der Waals surface area contributed by atoms with Gasteiger partial charge in [0.25, 0.3) is 0 Å². The normalized spacial score (nSPS) is 16.7. The number of rotatable bonds is 3. The minimum Gasteiger partial charge on any atom is -0.497 e. The van der Waals surface area contributed by atoms with Gasteiger partial charge < -0.3 is 4.74 Å². The Labute approximate surface area is 155 Å². The second kappa shape index (κ2) is 6.19. The Balaban J connectivity index is 1.67. The molecule has 0 saturated heterocycles. The van der Waals surface area contributed by atoms with E-state index in [0.29, 0.717) is 24.1 Å². The maximum absolute atomic E-state index is 14.4. The molecule has 0 bridgehead atoms. The maximum atomic E-state index is 14.4. The molecule has 0 atom stereocenters. The number of aromatic nitrogens is 2. The topological polar surface area (TPSA) is 55.0 Å². The van der Waals surface area contributed by atoms with Crippen molar-refractivity contribution in [2.45, 2.75) is 18.8 Å². The van der Waals surface area contributed by atoms with Gasteiger partial charge in [0.05, 0.1) is 12.6 Å². The monoisotopic (exact) mass is 363 g/mol. The minimum atomic E-state index is -0.311. The predicted octanol–water partition coefficient (Wildman–Crippen LogP) is 3.77. The second-order valence-electron chi connectivity index (χ2n) is 6.68. The zero-order valence-corrected chi connectivity index (χ0v) is 14.8.